The molecule has 0 atom stereocenters. The molecule has 7 nitrogen and oxygen atoms in total. The van der Waals surface area contributed by atoms with Crippen LogP contribution in [0.5, 0.6) is 0 Å². The number of para-hydroxylation sites is 1. The van der Waals surface area contributed by atoms with Crippen LogP contribution < -0.4 is 10.6 Å². The minimum Gasteiger partial charge on any atom is -0.451 e. The molecule has 0 unspecified atom stereocenters. The normalized spacial score (nSPS) is 13.2. The number of aromatic nitrogens is 1. The minimum atomic E-state index is -0.581. The van der Waals surface area contributed by atoms with E-state index in [0.717, 1.165) is 12.8 Å². The molecule has 0 spiro atoms. The fraction of sp³-hybridized carbons (Fsp3) is 0.278. The molecule has 1 saturated carbocycles. The zero-order chi connectivity index (χ0) is 17.8. The van der Waals surface area contributed by atoms with Crippen LogP contribution in [0.15, 0.2) is 42.6 Å². The van der Waals surface area contributed by atoms with Crippen LogP contribution in [0, 0.1) is 0 Å². The summed E-state index contributed by atoms with van der Waals surface area (Å²) in [4.78, 5) is 36.2. The average molecular weight is 341 g/mol. The van der Waals surface area contributed by atoms with Crippen molar-refractivity contribution >= 4 is 23.5 Å². The number of hydrogen-bond donors (Lipinski definition) is 2. The molecule has 1 aliphatic carbocycles. The van der Waals surface area contributed by atoms with Crippen molar-refractivity contribution in [2.45, 2.75) is 18.9 Å². The Balaban J connectivity index is 1.58. The second kappa shape index (κ2) is 7.21. The summed E-state index contributed by atoms with van der Waals surface area (Å²) in [7, 11) is 1.71. The van der Waals surface area contributed by atoms with Crippen LogP contribution in [-0.2, 0) is 16.6 Å². The van der Waals surface area contributed by atoms with Crippen molar-refractivity contribution in [1.82, 2.24) is 9.88 Å². The number of amides is 2. The number of nitrogens with one attached hydrogen (secondary N) is 2. The Morgan fingerprint density at radius 1 is 1.16 bits per heavy atom. The van der Waals surface area contributed by atoms with E-state index in [1.807, 2.05) is 0 Å². The Morgan fingerprint density at radius 3 is 2.60 bits per heavy atom. The second-order valence-electron chi connectivity index (χ2n) is 5.92. The zero-order valence-corrected chi connectivity index (χ0v) is 13.8. The third-order valence-corrected chi connectivity index (χ3v) is 3.85. The summed E-state index contributed by atoms with van der Waals surface area (Å²) in [6.07, 6.45) is 3.68. The van der Waals surface area contributed by atoms with E-state index < -0.39 is 18.5 Å². The summed E-state index contributed by atoms with van der Waals surface area (Å²) in [5.74, 6) is -1.31. The molecule has 0 aliphatic heterocycles. The van der Waals surface area contributed by atoms with E-state index >= 15 is 0 Å². The van der Waals surface area contributed by atoms with Crippen molar-refractivity contribution < 1.29 is 19.1 Å². The van der Waals surface area contributed by atoms with Gasteiger partial charge < -0.3 is 19.9 Å². The molecule has 130 valence electrons. The number of anilines is 1. The monoisotopic (exact) mass is 341 g/mol. The molecule has 1 heterocycles. The van der Waals surface area contributed by atoms with E-state index in [-0.39, 0.29) is 11.9 Å². The van der Waals surface area contributed by atoms with Crippen molar-refractivity contribution in [1.29, 1.82) is 0 Å². The van der Waals surface area contributed by atoms with Gasteiger partial charge in [0, 0.05) is 19.3 Å². The molecular weight excluding hydrogens is 322 g/mol. The first-order valence-corrected chi connectivity index (χ1v) is 8.03. The number of benzene rings is 1. The summed E-state index contributed by atoms with van der Waals surface area (Å²) in [5, 5.41) is 5.50. The average Bonchev–Trinajstić information content (AvgIpc) is 3.30. The highest BCUT2D eigenvalue weighted by Gasteiger charge is 2.25. The lowest BCUT2D eigenvalue weighted by molar-refractivity contribution is -0.119. The van der Waals surface area contributed by atoms with Gasteiger partial charge in [-0.15, -0.1) is 0 Å². The summed E-state index contributed by atoms with van der Waals surface area (Å²) in [6, 6.07) is 10.3. The molecule has 1 aliphatic rings. The molecule has 0 radical (unpaired) electrons. The second-order valence-corrected chi connectivity index (χ2v) is 5.92. The lowest BCUT2D eigenvalue weighted by atomic mass is 10.1. The van der Waals surface area contributed by atoms with Crippen LogP contribution in [0.25, 0.3) is 0 Å². The third-order valence-electron chi connectivity index (χ3n) is 3.85. The first-order chi connectivity index (χ1) is 12.0. The number of carbonyl (C=O) groups is 3. The molecular formula is C18H19N3O4. The van der Waals surface area contributed by atoms with E-state index in [4.69, 9.17) is 4.74 Å². The highest BCUT2D eigenvalue weighted by Crippen LogP contribution is 2.21. The molecule has 7 heteroatoms. The number of aryl methyl sites for hydroxylation is 1. The third kappa shape index (κ3) is 4.26. The topological polar surface area (TPSA) is 89.4 Å². The molecule has 25 heavy (non-hydrogen) atoms. The number of ether oxygens (including phenoxy) is 1. The summed E-state index contributed by atoms with van der Waals surface area (Å²) in [5.41, 5.74) is 1.13. The molecule has 2 amide bonds. The molecule has 0 saturated heterocycles. The van der Waals surface area contributed by atoms with E-state index in [2.05, 4.69) is 10.6 Å². The fourth-order valence-corrected chi connectivity index (χ4v) is 2.35. The van der Waals surface area contributed by atoms with Gasteiger partial charge in [-0.25, -0.2) is 4.79 Å². The Bertz CT molecular complexity index is 808. The van der Waals surface area contributed by atoms with Gasteiger partial charge in [-0.3, -0.25) is 9.59 Å². The van der Waals surface area contributed by atoms with Crippen molar-refractivity contribution in [2.75, 3.05) is 11.9 Å². The highest BCUT2D eigenvalue weighted by molar-refractivity contribution is 6.04. The van der Waals surface area contributed by atoms with Crippen LogP contribution in [-0.4, -0.2) is 35.0 Å². The van der Waals surface area contributed by atoms with Gasteiger partial charge in [0.25, 0.3) is 11.8 Å². The number of hydrogen-bond acceptors (Lipinski definition) is 4. The predicted molar refractivity (Wildman–Crippen MR) is 91.3 cm³/mol. The number of carbonyl (C=O) groups excluding carboxylic acids is 3. The summed E-state index contributed by atoms with van der Waals surface area (Å²) < 4.78 is 6.61. The summed E-state index contributed by atoms with van der Waals surface area (Å²) >= 11 is 0. The van der Waals surface area contributed by atoms with Gasteiger partial charge in [-0.05, 0) is 37.1 Å². The smallest absolute Gasteiger partial charge is 0.355 e. The number of rotatable bonds is 6. The largest absolute Gasteiger partial charge is 0.451 e. The predicted octanol–water partition coefficient (Wildman–Crippen LogP) is 1.71. The van der Waals surface area contributed by atoms with Crippen LogP contribution in [0.3, 0.4) is 0 Å². The van der Waals surface area contributed by atoms with Crippen LogP contribution in [0.1, 0.15) is 33.7 Å². The maximum absolute atomic E-state index is 12.2. The van der Waals surface area contributed by atoms with Gasteiger partial charge in [0.2, 0.25) is 0 Å². The highest BCUT2D eigenvalue weighted by atomic mass is 16.5. The van der Waals surface area contributed by atoms with Crippen molar-refractivity contribution in [3.8, 4) is 0 Å². The van der Waals surface area contributed by atoms with Gasteiger partial charge in [0.15, 0.2) is 6.61 Å². The lowest BCUT2D eigenvalue weighted by Crippen LogP contribution is -2.28. The van der Waals surface area contributed by atoms with E-state index in [0.29, 0.717) is 16.9 Å². The van der Waals surface area contributed by atoms with Crippen LogP contribution >= 0.6 is 0 Å². The fourth-order valence-electron chi connectivity index (χ4n) is 2.35. The Hall–Kier alpha value is -3.09. The van der Waals surface area contributed by atoms with E-state index in [9.17, 15) is 14.4 Å². The quantitative estimate of drug-likeness (QED) is 0.783. The van der Waals surface area contributed by atoms with Crippen molar-refractivity contribution in [3.05, 3.63) is 53.9 Å². The van der Waals surface area contributed by atoms with E-state index in [1.54, 1.807) is 54.2 Å². The van der Waals surface area contributed by atoms with Gasteiger partial charge in [-0.2, -0.15) is 0 Å². The molecule has 2 aromatic rings. The van der Waals surface area contributed by atoms with Crippen LogP contribution in [0.2, 0.25) is 0 Å². The molecule has 2 N–H and O–H groups in total. The number of esters is 1. The van der Waals surface area contributed by atoms with Gasteiger partial charge in [-0.1, -0.05) is 12.1 Å². The van der Waals surface area contributed by atoms with Gasteiger partial charge in [0.05, 0.1) is 11.3 Å². The van der Waals surface area contributed by atoms with Crippen LogP contribution in [0.4, 0.5) is 5.69 Å². The molecule has 1 aromatic carbocycles. The Labute approximate surface area is 145 Å². The molecule has 1 fully saturated rings. The zero-order valence-electron chi connectivity index (χ0n) is 13.8. The Kier molecular flexibility index (Phi) is 4.83. The lowest BCUT2D eigenvalue weighted by Gasteiger charge is -2.11. The first kappa shape index (κ1) is 16.8. The Morgan fingerprint density at radius 2 is 1.92 bits per heavy atom. The summed E-state index contributed by atoms with van der Waals surface area (Å²) in [6.45, 7) is -0.428. The van der Waals surface area contributed by atoms with Gasteiger partial charge in [0.1, 0.15) is 5.69 Å². The van der Waals surface area contributed by atoms with Crippen molar-refractivity contribution in [3.63, 3.8) is 0 Å². The molecule has 1 aromatic heterocycles. The first-order valence-electron chi connectivity index (χ1n) is 8.03. The SMILES string of the molecule is Cn1cccc1C(=O)OCC(=O)Nc1ccccc1C(=O)NC1CC1. The van der Waals surface area contributed by atoms with E-state index in [1.165, 1.54) is 0 Å². The molecule has 0 bridgehead atoms. The maximum atomic E-state index is 12.2. The minimum absolute atomic E-state index is 0.223. The molecule has 3 rings (SSSR count). The van der Waals surface area contributed by atoms with Crippen molar-refractivity contribution in [2.24, 2.45) is 7.05 Å². The number of nitrogens with zero attached hydrogens (tertiary/aromatic N) is 1. The van der Waals surface area contributed by atoms with Gasteiger partial charge >= 0.3 is 5.97 Å². The standard InChI is InChI=1S/C18H19N3O4/c1-21-10-4-7-15(21)18(24)25-11-16(22)20-14-6-3-2-5-13(14)17(23)19-12-8-9-12/h2-7,10,12H,8-9,11H2,1H3,(H,19,23)(H,20,22). The maximum Gasteiger partial charge on any atom is 0.355 e.